The molecule has 0 aliphatic heterocycles. The van der Waals surface area contributed by atoms with Crippen LogP contribution < -0.4 is 27.4 Å². The molecule has 0 aromatic carbocycles. The summed E-state index contributed by atoms with van der Waals surface area (Å²) in [6.07, 6.45) is 1.57. The third kappa shape index (κ3) is 10.5. The van der Waals surface area contributed by atoms with Crippen LogP contribution >= 0.6 is 0 Å². The molecule has 30 heavy (non-hydrogen) atoms. The van der Waals surface area contributed by atoms with Crippen molar-refractivity contribution in [3.8, 4) is 0 Å². The summed E-state index contributed by atoms with van der Waals surface area (Å²) in [5, 5.41) is 34.3. The first-order valence-electron chi connectivity index (χ1n) is 9.88. The number of carboxylic acid groups (broad SMARTS) is 1. The SMILES string of the molecule is CC(C)CC(NC(=O)C(CCCCN)NC(=O)C(N)CO)C(=O)NC(CO)C(=O)O. The quantitative estimate of drug-likeness (QED) is 0.123. The van der Waals surface area contributed by atoms with Gasteiger partial charge in [-0.05, 0) is 38.1 Å². The Labute approximate surface area is 175 Å². The van der Waals surface area contributed by atoms with Gasteiger partial charge in [-0.2, -0.15) is 0 Å². The predicted molar refractivity (Wildman–Crippen MR) is 108 cm³/mol. The number of nitrogens with one attached hydrogen (secondary N) is 3. The van der Waals surface area contributed by atoms with Crippen LogP contribution in [0.5, 0.6) is 0 Å². The average molecular weight is 434 g/mol. The first-order chi connectivity index (χ1) is 14.1. The molecular formula is C18H35N5O7. The van der Waals surface area contributed by atoms with Gasteiger partial charge in [0.1, 0.15) is 24.2 Å². The molecule has 10 N–H and O–H groups in total. The summed E-state index contributed by atoms with van der Waals surface area (Å²) in [6, 6.07) is -4.80. The van der Waals surface area contributed by atoms with E-state index in [1.807, 2.05) is 13.8 Å². The summed E-state index contributed by atoms with van der Waals surface area (Å²) in [5.74, 6) is -3.57. The number of carboxylic acids is 1. The van der Waals surface area contributed by atoms with Crippen LogP contribution in [0.1, 0.15) is 39.5 Å². The van der Waals surface area contributed by atoms with Crippen molar-refractivity contribution in [1.82, 2.24) is 16.0 Å². The van der Waals surface area contributed by atoms with Crippen molar-refractivity contribution in [2.24, 2.45) is 17.4 Å². The molecule has 12 nitrogen and oxygen atoms in total. The molecule has 4 unspecified atom stereocenters. The fraction of sp³-hybridized carbons (Fsp3) is 0.778. The molecule has 0 radical (unpaired) electrons. The Morgan fingerprint density at radius 1 is 0.833 bits per heavy atom. The van der Waals surface area contributed by atoms with Crippen LogP contribution in [0.2, 0.25) is 0 Å². The maximum absolute atomic E-state index is 12.8. The predicted octanol–water partition coefficient (Wildman–Crippen LogP) is -2.99. The first kappa shape index (κ1) is 27.7. The van der Waals surface area contributed by atoms with Crippen molar-refractivity contribution in [3.63, 3.8) is 0 Å². The number of carbonyl (C=O) groups is 4. The van der Waals surface area contributed by atoms with Crippen LogP contribution in [0, 0.1) is 5.92 Å². The van der Waals surface area contributed by atoms with Gasteiger partial charge in [-0.3, -0.25) is 14.4 Å². The molecule has 0 fully saturated rings. The fourth-order valence-corrected chi connectivity index (χ4v) is 2.56. The second-order valence-corrected chi connectivity index (χ2v) is 7.41. The molecule has 0 heterocycles. The lowest BCUT2D eigenvalue weighted by molar-refractivity contribution is -0.143. The van der Waals surface area contributed by atoms with Crippen molar-refractivity contribution in [2.45, 2.75) is 63.7 Å². The van der Waals surface area contributed by atoms with Crippen LogP contribution in [0.3, 0.4) is 0 Å². The van der Waals surface area contributed by atoms with E-state index in [0.29, 0.717) is 19.4 Å². The molecule has 0 aromatic heterocycles. The van der Waals surface area contributed by atoms with E-state index < -0.39 is 61.1 Å². The number of carbonyl (C=O) groups excluding carboxylic acids is 3. The molecule has 12 heteroatoms. The van der Waals surface area contributed by atoms with Gasteiger partial charge in [-0.15, -0.1) is 0 Å². The molecule has 0 rings (SSSR count). The van der Waals surface area contributed by atoms with Crippen LogP contribution in [-0.4, -0.2) is 82.9 Å². The average Bonchev–Trinajstić information content (AvgIpc) is 2.69. The molecule has 0 spiro atoms. The lowest BCUT2D eigenvalue weighted by Gasteiger charge is -2.25. The van der Waals surface area contributed by atoms with Crippen LogP contribution in [-0.2, 0) is 19.2 Å². The number of amides is 3. The van der Waals surface area contributed by atoms with Gasteiger partial charge in [0.15, 0.2) is 0 Å². The zero-order valence-corrected chi connectivity index (χ0v) is 17.5. The molecule has 0 bridgehead atoms. The van der Waals surface area contributed by atoms with Crippen molar-refractivity contribution >= 4 is 23.7 Å². The van der Waals surface area contributed by atoms with Crippen LogP contribution in [0.15, 0.2) is 0 Å². The molecule has 0 aliphatic carbocycles. The zero-order chi connectivity index (χ0) is 23.3. The van der Waals surface area contributed by atoms with E-state index in [2.05, 4.69) is 16.0 Å². The topological polar surface area (TPSA) is 217 Å². The molecule has 0 saturated heterocycles. The molecule has 3 amide bonds. The highest BCUT2D eigenvalue weighted by molar-refractivity contribution is 5.94. The van der Waals surface area contributed by atoms with Gasteiger partial charge in [-0.25, -0.2) is 4.79 Å². The summed E-state index contributed by atoms with van der Waals surface area (Å²) in [4.78, 5) is 48.3. The maximum atomic E-state index is 12.8. The number of aliphatic carboxylic acids is 1. The highest BCUT2D eigenvalue weighted by Crippen LogP contribution is 2.08. The van der Waals surface area contributed by atoms with Gasteiger partial charge >= 0.3 is 5.97 Å². The van der Waals surface area contributed by atoms with Crippen LogP contribution in [0.4, 0.5) is 0 Å². The summed E-state index contributed by atoms with van der Waals surface area (Å²) in [6.45, 7) is 2.62. The monoisotopic (exact) mass is 433 g/mol. The lowest BCUT2D eigenvalue weighted by atomic mass is 10.0. The van der Waals surface area contributed by atoms with Crippen LogP contribution in [0.25, 0.3) is 0 Å². The van der Waals surface area contributed by atoms with Gasteiger partial charge in [-0.1, -0.05) is 13.8 Å². The molecule has 0 aliphatic rings. The molecule has 0 aromatic rings. The minimum atomic E-state index is -1.51. The molecule has 4 atom stereocenters. The largest absolute Gasteiger partial charge is 0.480 e. The minimum absolute atomic E-state index is 0.0217. The van der Waals surface area contributed by atoms with E-state index in [4.69, 9.17) is 26.8 Å². The number of aliphatic hydroxyl groups excluding tert-OH is 2. The second-order valence-electron chi connectivity index (χ2n) is 7.41. The van der Waals surface area contributed by atoms with E-state index in [0.717, 1.165) is 0 Å². The number of hydrogen-bond donors (Lipinski definition) is 8. The third-order valence-electron chi connectivity index (χ3n) is 4.25. The number of hydrogen-bond acceptors (Lipinski definition) is 8. The fourth-order valence-electron chi connectivity index (χ4n) is 2.56. The second kappa shape index (κ2) is 14.7. The highest BCUT2D eigenvalue weighted by Gasteiger charge is 2.30. The van der Waals surface area contributed by atoms with E-state index in [1.165, 1.54) is 0 Å². The molecule has 0 saturated carbocycles. The number of rotatable bonds is 15. The summed E-state index contributed by atoms with van der Waals surface area (Å²) >= 11 is 0. The maximum Gasteiger partial charge on any atom is 0.328 e. The van der Waals surface area contributed by atoms with Gasteiger partial charge < -0.3 is 42.7 Å². The lowest BCUT2D eigenvalue weighted by Crippen LogP contribution is -2.58. The number of unbranched alkanes of at least 4 members (excludes halogenated alkanes) is 1. The van der Waals surface area contributed by atoms with E-state index in [1.54, 1.807) is 0 Å². The summed E-state index contributed by atoms with van der Waals surface area (Å²) in [5.41, 5.74) is 10.9. The van der Waals surface area contributed by atoms with Gasteiger partial charge in [0.2, 0.25) is 17.7 Å². The Hall–Kier alpha value is -2.28. The molecular weight excluding hydrogens is 398 g/mol. The summed E-state index contributed by atoms with van der Waals surface area (Å²) < 4.78 is 0. The Morgan fingerprint density at radius 3 is 1.83 bits per heavy atom. The highest BCUT2D eigenvalue weighted by atomic mass is 16.4. The van der Waals surface area contributed by atoms with E-state index in [9.17, 15) is 19.2 Å². The first-order valence-corrected chi connectivity index (χ1v) is 9.88. The van der Waals surface area contributed by atoms with Crippen molar-refractivity contribution in [1.29, 1.82) is 0 Å². The van der Waals surface area contributed by atoms with E-state index >= 15 is 0 Å². The number of nitrogens with two attached hydrogens (primary N) is 2. The summed E-state index contributed by atoms with van der Waals surface area (Å²) in [7, 11) is 0. The number of aliphatic hydroxyl groups is 2. The third-order valence-corrected chi connectivity index (χ3v) is 4.25. The van der Waals surface area contributed by atoms with Gasteiger partial charge in [0.05, 0.1) is 13.2 Å². The van der Waals surface area contributed by atoms with Crippen molar-refractivity contribution < 1.29 is 34.5 Å². The Kier molecular flexibility index (Phi) is 13.5. The van der Waals surface area contributed by atoms with E-state index in [-0.39, 0.29) is 18.8 Å². The standard InChI is InChI=1S/C18H35N5O7/c1-10(2)7-13(17(28)23-14(9-25)18(29)30)22-16(27)12(5-3-4-6-19)21-15(26)11(20)8-24/h10-14,24-25H,3-9,19-20H2,1-2H3,(H,21,26)(H,22,27)(H,23,28)(H,29,30). The van der Waals surface area contributed by atoms with Crippen molar-refractivity contribution in [2.75, 3.05) is 19.8 Å². The Balaban J connectivity index is 5.34. The zero-order valence-electron chi connectivity index (χ0n) is 17.5. The minimum Gasteiger partial charge on any atom is -0.480 e. The molecule has 174 valence electrons. The van der Waals surface area contributed by atoms with Crippen molar-refractivity contribution in [3.05, 3.63) is 0 Å². The Morgan fingerprint density at radius 2 is 1.37 bits per heavy atom. The van der Waals surface area contributed by atoms with Gasteiger partial charge in [0.25, 0.3) is 0 Å². The normalized spacial score (nSPS) is 15.0. The Bertz CT molecular complexity index is 573. The smallest absolute Gasteiger partial charge is 0.328 e. The van der Waals surface area contributed by atoms with Gasteiger partial charge in [0, 0.05) is 0 Å².